The quantitative estimate of drug-likeness (QED) is 0.941. The Morgan fingerprint density at radius 2 is 1.95 bits per heavy atom. The van der Waals surface area contributed by atoms with E-state index in [0.717, 1.165) is 11.8 Å². The minimum Gasteiger partial charge on any atom is -0.307 e. The van der Waals surface area contributed by atoms with Crippen LogP contribution in [0.2, 0.25) is 5.02 Å². The van der Waals surface area contributed by atoms with E-state index in [1.54, 1.807) is 18.3 Å². The van der Waals surface area contributed by atoms with Gasteiger partial charge >= 0.3 is 0 Å². The highest BCUT2D eigenvalue weighted by Gasteiger charge is 2.16. The van der Waals surface area contributed by atoms with Crippen LogP contribution in [0.25, 0.3) is 0 Å². The Labute approximate surface area is 127 Å². The van der Waals surface area contributed by atoms with Crippen LogP contribution in [-0.2, 0) is 9.84 Å². The number of sulfone groups is 1. The van der Waals surface area contributed by atoms with Crippen molar-refractivity contribution in [3.05, 3.63) is 52.7 Å². The van der Waals surface area contributed by atoms with Gasteiger partial charge in [-0.1, -0.05) is 11.6 Å². The number of amides is 1. The van der Waals surface area contributed by atoms with Crippen LogP contribution in [0.4, 0.5) is 5.82 Å². The first-order chi connectivity index (χ1) is 9.77. The molecule has 5 nitrogen and oxygen atoms in total. The number of pyridine rings is 1. The van der Waals surface area contributed by atoms with E-state index in [-0.39, 0.29) is 15.5 Å². The first kappa shape index (κ1) is 15.5. The second-order valence-electron chi connectivity index (χ2n) is 4.59. The Hall–Kier alpha value is -1.92. The molecule has 7 heteroatoms. The van der Waals surface area contributed by atoms with Gasteiger partial charge in [-0.2, -0.15) is 0 Å². The number of halogens is 1. The summed E-state index contributed by atoms with van der Waals surface area (Å²) >= 11 is 5.84. The molecule has 0 unspecified atom stereocenters. The van der Waals surface area contributed by atoms with Crippen molar-refractivity contribution < 1.29 is 13.2 Å². The van der Waals surface area contributed by atoms with Crippen LogP contribution in [0.15, 0.2) is 41.4 Å². The standard InChI is InChI=1S/C14H13ClN2O3S/c1-9-5-6-16-13(7-9)17-14(18)10-3-4-11(15)12(8-10)21(2,19)20/h3-8H,1-2H3,(H,16,17,18). The van der Waals surface area contributed by atoms with E-state index in [9.17, 15) is 13.2 Å². The maximum absolute atomic E-state index is 12.1. The largest absolute Gasteiger partial charge is 0.307 e. The molecule has 0 aliphatic heterocycles. The Morgan fingerprint density at radius 3 is 2.57 bits per heavy atom. The zero-order chi connectivity index (χ0) is 15.6. The third kappa shape index (κ3) is 3.80. The lowest BCUT2D eigenvalue weighted by atomic mass is 10.2. The first-order valence-corrected chi connectivity index (χ1v) is 8.28. The van der Waals surface area contributed by atoms with Crippen molar-refractivity contribution in [3.8, 4) is 0 Å². The van der Waals surface area contributed by atoms with Crippen LogP contribution in [0.3, 0.4) is 0 Å². The second kappa shape index (κ2) is 5.83. The molecule has 0 radical (unpaired) electrons. The number of hydrogen-bond donors (Lipinski definition) is 1. The molecule has 110 valence electrons. The van der Waals surface area contributed by atoms with Gasteiger partial charge in [0, 0.05) is 18.0 Å². The van der Waals surface area contributed by atoms with Crippen molar-refractivity contribution in [1.82, 2.24) is 4.98 Å². The minimum absolute atomic E-state index is 0.0750. The zero-order valence-corrected chi connectivity index (χ0v) is 13.0. The molecule has 0 aliphatic carbocycles. The van der Waals surface area contributed by atoms with Gasteiger partial charge in [0.2, 0.25) is 0 Å². The van der Waals surface area contributed by atoms with Crippen molar-refractivity contribution in [2.45, 2.75) is 11.8 Å². The molecule has 0 bridgehead atoms. The fraction of sp³-hybridized carbons (Fsp3) is 0.143. The highest BCUT2D eigenvalue weighted by atomic mass is 35.5. The molecule has 1 amide bonds. The van der Waals surface area contributed by atoms with E-state index in [0.29, 0.717) is 5.82 Å². The van der Waals surface area contributed by atoms with Crippen LogP contribution in [0.5, 0.6) is 0 Å². The lowest BCUT2D eigenvalue weighted by molar-refractivity contribution is 0.102. The summed E-state index contributed by atoms with van der Waals surface area (Å²) in [4.78, 5) is 16.1. The maximum Gasteiger partial charge on any atom is 0.256 e. The zero-order valence-electron chi connectivity index (χ0n) is 11.4. The van der Waals surface area contributed by atoms with Gasteiger partial charge < -0.3 is 5.32 Å². The van der Waals surface area contributed by atoms with Crippen molar-refractivity contribution >= 4 is 33.2 Å². The Kier molecular flexibility index (Phi) is 4.29. The predicted molar refractivity (Wildman–Crippen MR) is 81.5 cm³/mol. The number of aryl methyl sites for hydroxylation is 1. The average molecular weight is 325 g/mol. The van der Waals surface area contributed by atoms with Gasteiger partial charge in [0.25, 0.3) is 5.91 Å². The summed E-state index contributed by atoms with van der Waals surface area (Å²) < 4.78 is 23.2. The number of nitrogens with one attached hydrogen (secondary N) is 1. The average Bonchev–Trinajstić information content (AvgIpc) is 2.37. The molecule has 2 rings (SSSR count). The summed E-state index contributed by atoms with van der Waals surface area (Å²) in [6.07, 6.45) is 2.62. The van der Waals surface area contributed by atoms with E-state index in [4.69, 9.17) is 11.6 Å². The van der Waals surface area contributed by atoms with Crippen molar-refractivity contribution in [3.63, 3.8) is 0 Å². The van der Waals surface area contributed by atoms with Gasteiger partial charge in [-0.25, -0.2) is 13.4 Å². The molecular formula is C14H13ClN2O3S. The summed E-state index contributed by atoms with van der Waals surface area (Å²) in [5.41, 5.74) is 1.15. The molecule has 1 N–H and O–H groups in total. The van der Waals surface area contributed by atoms with Crippen LogP contribution < -0.4 is 5.32 Å². The van der Waals surface area contributed by atoms with Crippen molar-refractivity contribution in [2.75, 3.05) is 11.6 Å². The molecule has 1 aromatic carbocycles. The molecule has 1 aromatic heterocycles. The van der Waals surface area contributed by atoms with E-state index < -0.39 is 15.7 Å². The lowest BCUT2D eigenvalue weighted by Gasteiger charge is -2.07. The summed E-state index contributed by atoms with van der Waals surface area (Å²) in [5.74, 6) is -0.0504. The summed E-state index contributed by atoms with van der Waals surface area (Å²) in [7, 11) is -3.50. The summed E-state index contributed by atoms with van der Waals surface area (Å²) in [6.45, 7) is 1.88. The number of anilines is 1. The molecule has 0 fully saturated rings. The Morgan fingerprint density at radius 1 is 1.24 bits per heavy atom. The molecule has 0 saturated heterocycles. The topological polar surface area (TPSA) is 76.1 Å². The van der Waals surface area contributed by atoms with Crippen LogP contribution in [0, 0.1) is 6.92 Å². The number of rotatable bonds is 3. The number of hydrogen-bond acceptors (Lipinski definition) is 4. The van der Waals surface area contributed by atoms with Crippen molar-refractivity contribution in [1.29, 1.82) is 0 Å². The monoisotopic (exact) mass is 324 g/mol. The smallest absolute Gasteiger partial charge is 0.256 e. The third-order valence-electron chi connectivity index (χ3n) is 2.75. The molecule has 0 atom stereocenters. The van der Waals surface area contributed by atoms with Crippen LogP contribution in [0.1, 0.15) is 15.9 Å². The SMILES string of the molecule is Cc1ccnc(NC(=O)c2ccc(Cl)c(S(C)(=O)=O)c2)c1. The number of carbonyl (C=O) groups is 1. The second-order valence-corrected chi connectivity index (χ2v) is 6.98. The van der Waals surface area contributed by atoms with E-state index in [1.807, 2.05) is 6.92 Å². The van der Waals surface area contributed by atoms with Crippen LogP contribution >= 0.6 is 11.6 Å². The predicted octanol–water partition coefficient (Wildman–Crippen LogP) is 2.70. The van der Waals surface area contributed by atoms with Gasteiger partial charge in [-0.3, -0.25) is 4.79 Å². The van der Waals surface area contributed by atoms with Gasteiger partial charge in [0.1, 0.15) is 5.82 Å². The van der Waals surface area contributed by atoms with Gasteiger partial charge in [-0.15, -0.1) is 0 Å². The Bertz CT molecular complexity index is 804. The first-order valence-electron chi connectivity index (χ1n) is 6.01. The van der Waals surface area contributed by atoms with Crippen molar-refractivity contribution in [2.24, 2.45) is 0 Å². The molecule has 1 heterocycles. The van der Waals surface area contributed by atoms with E-state index >= 15 is 0 Å². The molecule has 0 saturated carbocycles. The number of aromatic nitrogens is 1. The number of carbonyl (C=O) groups excluding carboxylic acids is 1. The summed E-state index contributed by atoms with van der Waals surface area (Å²) in [6, 6.07) is 7.62. The molecule has 0 aliphatic rings. The van der Waals surface area contributed by atoms with Gasteiger partial charge in [0.15, 0.2) is 9.84 Å². The molecule has 2 aromatic rings. The minimum atomic E-state index is -3.50. The van der Waals surface area contributed by atoms with Crippen LogP contribution in [-0.4, -0.2) is 25.6 Å². The molecule has 21 heavy (non-hydrogen) atoms. The Balaban J connectivity index is 2.32. The third-order valence-corrected chi connectivity index (χ3v) is 4.33. The summed E-state index contributed by atoms with van der Waals surface area (Å²) in [5, 5.41) is 2.70. The highest BCUT2D eigenvalue weighted by molar-refractivity contribution is 7.90. The normalized spacial score (nSPS) is 11.2. The molecule has 0 spiro atoms. The fourth-order valence-electron chi connectivity index (χ4n) is 1.72. The van der Waals surface area contributed by atoms with E-state index in [2.05, 4.69) is 10.3 Å². The highest BCUT2D eigenvalue weighted by Crippen LogP contribution is 2.23. The van der Waals surface area contributed by atoms with Gasteiger partial charge in [0.05, 0.1) is 9.92 Å². The number of benzene rings is 1. The lowest BCUT2D eigenvalue weighted by Crippen LogP contribution is -2.14. The number of nitrogens with zero attached hydrogens (tertiary/aromatic N) is 1. The maximum atomic E-state index is 12.1. The molecular weight excluding hydrogens is 312 g/mol. The van der Waals surface area contributed by atoms with Gasteiger partial charge in [-0.05, 0) is 42.8 Å². The van der Waals surface area contributed by atoms with E-state index in [1.165, 1.54) is 18.2 Å². The fourth-order valence-corrected chi connectivity index (χ4v) is 3.02.